The largest absolute Gasteiger partial charge is 2.00 e. The van der Waals surface area contributed by atoms with E-state index in [0.717, 1.165) is 0 Å². The molecule has 0 heterocycles. The van der Waals surface area contributed by atoms with Crippen LogP contribution < -0.4 is 20.4 Å². The Kier molecular flexibility index (Phi) is 38.3. The Morgan fingerprint density at radius 3 is 0.700 bits per heavy atom. The van der Waals surface area contributed by atoms with E-state index in [2.05, 4.69) is 0 Å². The minimum atomic E-state index is -2.33. The van der Waals surface area contributed by atoms with E-state index in [0.29, 0.717) is 0 Å². The topological polar surface area (TPSA) is 126 Å². The Morgan fingerprint density at radius 1 is 0.700 bits per heavy atom. The van der Waals surface area contributed by atoms with Gasteiger partial charge in [0.15, 0.2) is 0 Å². The van der Waals surface area contributed by atoms with Crippen LogP contribution in [0.3, 0.4) is 0 Å². The molecule has 0 fully saturated rings. The average Bonchev–Trinajstić information content (AvgIpc) is 1.25. The SMILES string of the molecule is O=C([O-])[O-].O=C([O-])[O-].[Ba+2].[Ba+2]. The minimum Gasteiger partial charge on any atom is -0.652 e. The first-order chi connectivity index (χ1) is 3.46. The summed E-state index contributed by atoms with van der Waals surface area (Å²) >= 11 is 0. The van der Waals surface area contributed by atoms with Gasteiger partial charge in [-0.25, -0.2) is 0 Å². The third kappa shape index (κ3) is 258. The van der Waals surface area contributed by atoms with Crippen molar-refractivity contribution in [2.75, 3.05) is 0 Å². The van der Waals surface area contributed by atoms with E-state index in [1.807, 2.05) is 0 Å². The zero-order valence-corrected chi connectivity index (χ0v) is 13.7. The van der Waals surface area contributed by atoms with E-state index in [4.69, 9.17) is 30.0 Å². The molecule has 0 amide bonds. The molecule has 0 rings (SSSR count). The standard InChI is InChI=1S/2CH2O3.2Ba/c2*2-1(3)4;;/h2*(H2,2,3,4);;/q;;2*+2/p-4. The van der Waals surface area contributed by atoms with Crippen LogP contribution in [0.5, 0.6) is 0 Å². The zero-order chi connectivity index (χ0) is 7.15. The summed E-state index contributed by atoms with van der Waals surface area (Å²) in [4.78, 5) is 16.7. The molecule has 0 radical (unpaired) electrons. The first kappa shape index (κ1) is 22.6. The maximum Gasteiger partial charge on any atom is 2.00 e. The predicted octanol–water partition coefficient (Wildman–Crippen LogP) is -5.66. The Balaban J connectivity index is -0.0000000300. The van der Waals surface area contributed by atoms with Crippen molar-refractivity contribution in [3.8, 4) is 0 Å². The Bertz CT molecular complexity index is 71.7. The molecule has 0 spiro atoms. The molecule has 0 saturated heterocycles. The van der Waals surface area contributed by atoms with Crippen LogP contribution in [0.2, 0.25) is 0 Å². The van der Waals surface area contributed by atoms with Crippen LogP contribution in [0, 0.1) is 0 Å². The van der Waals surface area contributed by atoms with Crippen LogP contribution in [-0.4, -0.2) is 110 Å². The summed E-state index contributed by atoms with van der Waals surface area (Å²) in [6, 6.07) is 0. The van der Waals surface area contributed by atoms with E-state index in [1.165, 1.54) is 0 Å². The van der Waals surface area contributed by atoms with Crippen LogP contribution in [0.15, 0.2) is 0 Å². The maximum absolute atomic E-state index is 8.33. The molecule has 10 heavy (non-hydrogen) atoms. The van der Waals surface area contributed by atoms with Gasteiger partial charge in [-0.15, -0.1) is 0 Å². The smallest absolute Gasteiger partial charge is 0.652 e. The fourth-order valence-electron chi connectivity index (χ4n) is 0. The van der Waals surface area contributed by atoms with E-state index in [9.17, 15) is 0 Å². The fourth-order valence-corrected chi connectivity index (χ4v) is 0. The molecule has 0 saturated carbocycles. The molecule has 0 aliphatic heterocycles. The summed E-state index contributed by atoms with van der Waals surface area (Å²) in [5.41, 5.74) is 0. The van der Waals surface area contributed by atoms with Crippen molar-refractivity contribution in [1.82, 2.24) is 0 Å². The molecule has 0 aliphatic rings. The van der Waals surface area contributed by atoms with Gasteiger partial charge in [-0.2, -0.15) is 0 Å². The van der Waals surface area contributed by atoms with Crippen molar-refractivity contribution < 1.29 is 30.0 Å². The third-order valence-electron chi connectivity index (χ3n) is 0. The van der Waals surface area contributed by atoms with Crippen molar-refractivity contribution in [2.45, 2.75) is 0 Å². The van der Waals surface area contributed by atoms with E-state index < -0.39 is 12.3 Å². The molecule has 0 unspecified atom stereocenters. The normalized spacial score (nSPS) is 4.80. The molecule has 48 valence electrons. The Morgan fingerprint density at radius 2 is 0.700 bits per heavy atom. The van der Waals surface area contributed by atoms with Gasteiger partial charge in [0.25, 0.3) is 0 Å². The van der Waals surface area contributed by atoms with Crippen LogP contribution in [0.1, 0.15) is 0 Å². The van der Waals surface area contributed by atoms with Gasteiger partial charge in [0.2, 0.25) is 0 Å². The molecule has 0 N–H and O–H groups in total. The van der Waals surface area contributed by atoms with Crippen molar-refractivity contribution in [3.63, 3.8) is 0 Å². The quantitative estimate of drug-likeness (QED) is 0.377. The number of carbonyl (C=O) groups excluding carboxylic acids is 2. The number of carbonyl (C=O) groups is 2. The summed E-state index contributed by atoms with van der Waals surface area (Å²) in [5, 5.41) is 33.3. The zero-order valence-electron chi connectivity index (χ0n) is 4.86. The van der Waals surface area contributed by atoms with E-state index in [1.54, 1.807) is 0 Å². The van der Waals surface area contributed by atoms with E-state index >= 15 is 0 Å². The van der Waals surface area contributed by atoms with Crippen LogP contribution in [0.4, 0.5) is 9.59 Å². The van der Waals surface area contributed by atoms with Crippen LogP contribution >= 0.6 is 0 Å². The molecule has 6 nitrogen and oxygen atoms in total. The van der Waals surface area contributed by atoms with Gasteiger partial charge in [-0.3, -0.25) is 0 Å². The fraction of sp³-hybridized carbons (Fsp3) is 0. The molecule has 0 aromatic heterocycles. The second-order valence-electron chi connectivity index (χ2n) is 0.500. The summed E-state index contributed by atoms with van der Waals surface area (Å²) in [6.07, 6.45) is -4.67. The molecular formula is C2Ba2O6. The Labute approximate surface area is 137 Å². The van der Waals surface area contributed by atoms with Crippen molar-refractivity contribution in [3.05, 3.63) is 0 Å². The summed E-state index contributed by atoms with van der Waals surface area (Å²) in [7, 11) is 0. The third-order valence-corrected chi connectivity index (χ3v) is 0. The van der Waals surface area contributed by atoms with Gasteiger partial charge in [0.05, 0.1) is 0 Å². The molecule has 0 aromatic carbocycles. The van der Waals surface area contributed by atoms with Gasteiger partial charge < -0.3 is 30.0 Å². The molecule has 0 bridgehead atoms. The summed E-state index contributed by atoms with van der Waals surface area (Å²) < 4.78 is 0. The predicted molar refractivity (Wildman–Crippen MR) is 22.3 cm³/mol. The first-order valence-corrected chi connectivity index (χ1v) is 1.22. The monoisotopic (exact) mass is 396 g/mol. The van der Waals surface area contributed by atoms with Crippen LogP contribution in [0.25, 0.3) is 0 Å². The van der Waals surface area contributed by atoms with E-state index in [-0.39, 0.29) is 97.8 Å². The van der Waals surface area contributed by atoms with Crippen molar-refractivity contribution in [2.24, 2.45) is 0 Å². The number of hydrogen-bond donors (Lipinski definition) is 0. The van der Waals surface area contributed by atoms with Gasteiger partial charge in [-0.05, 0) is 12.3 Å². The second kappa shape index (κ2) is 17.0. The molecule has 0 aliphatic carbocycles. The summed E-state index contributed by atoms with van der Waals surface area (Å²) in [6.45, 7) is 0. The number of hydrogen-bond acceptors (Lipinski definition) is 6. The van der Waals surface area contributed by atoms with Crippen molar-refractivity contribution in [1.29, 1.82) is 0 Å². The number of rotatable bonds is 0. The number of carboxylic acid groups (broad SMARTS) is 4. The minimum absolute atomic E-state index is 0. The van der Waals surface area contributed by atoms with Gasteiger partial charge in [0, 0.05) is 0 Å². The van der Waals surface area contributed by atoms with Gasteiger partial charge in [-0.1, -0.05) is 0 Å². The molecule has 8 heteroatoms. The Hall–Kier alpha value is 1.68. The molecule has 0 atom stereocenters. The summed E-state index contributed by atoms with van der Waals surface area (Å²) in [5.74, 6) is 0. The van der Waals surface area contributed by atoms with Gasteiger partial charge >= 0.3 is 97.8 Å². The average molecular weight is 395 g/mol. The maximum atomic E-state index is 8.33. The van der Waals surface area contributed by atoms with Gasteiger partial charge in [0.1, 0.15) is 0 Å². The molecular weight excluding hydrogens is 395 g/mol. The van der Waals surface area contributed by atoms with Crippen molar-refractivity contribution >= 4 is 110 Å². The molecule has 0 aromatic rings. The van der Waals surface area contributed by atoms with Crippen LogP contribution in [-0.2, 0) is 0 Å². The first-order valence-electron chi connectivity index (χ1n) is 1.22. The second-order valence-corrected chi connectivity index (χ2v) is 0.500.